The van der Waals surface area contributed by atoms with Gasteiger partial charge in [0.1, 0.15) is 10.8 Å². The summed E-state index contributed by atoms with van der Waals surface area (Å²) in [6, 6.07) is 15.3. The van der Waals surface area contributed by atoms with E-state index in [4.69, 9.17) is 4.74 Å². The van der Waals surface area contributed by atoms with Crippen molar-refractivity contribution in [1.82, 2.24) is 15.1 Å². The zero-order valence-electron chi connectivity index (χ0n) is 16.6. The maximum atomic E-state index is 5.70. The maximum absolute atomic E-state index is 5.70. The Morgan fingerprint density at radius 1 is 1.03 bits per heavy atom. The van der Waals surface area contributed by atoms with Gasteiger partial charge in [-0.15, -0.1) is 10.2 Å². The molecule has 5 nitrogen and oxygen atoms in total. The Morgan fingerprint density at radius 3 is 2.93 bits per heavy atom. The van der Waals surface area contributed by atoms with Crippen molar-refractivity contribution in [3.05, 3.63) is 69.7 Å². The predicted octanol–water partition coefficient (Wildman–Crippen LogP) is 4.08. The third-order valence-electron chi connectivity index (χ3n) is 5.74. The zero-order chi connectivity index (χ0) is 19.5. The summed E-state index contributed by atoms with van der Waals surface area (Å²) < 4.78 is 5.70. The predicted molar refractivity (Wildman–Crippen MR) is 117 cm³/mol. The highest BCUT2D eigenvalue weighted by atomic mass is 32.1. The molecule has 0 saturated carbocycles. The highest BCUT2D eigenvalue weighted by molar-refractivity contribution is 7.15. The summed E-state index contributed by atoms with van der Waals surface area (Å²) in [5.41, 5.74) is 5.54. The van der Waals surface area contributed by atoms with Crippen LogP contribution in [0, 0.1) is 0 Å². The van der Waals surface area contributed by atoms with E-state index in [1.807, 2.05) is 0 Å². The number of benzene rings is 2. The third kappa shape index (κ3) is 4.43. The normalized spacial score (nSPS) is 16.0. The Kier molecular flexibility index (Phi) is 5.45. The minimum Gasteiger partial charge on any atom is -0.493 e. The lowest BCUT2D eigenvalue weighted by Gasteiger charge is -2.28. The molecule has 2 aliphatic rings. The van der Waals surface area contributed by atoms with Gasteiger partial charge in [-0.05, 0) is 47.6 Å². The number of hydrogen-bond donors (Lipinski definition) is 1. The fourth-order valence-electron chi connectivity index (χ4n) is 4.13. The fraction of sp³-hybridized carbons (Fsp3) is 0.391. The van der Waals surface area contributed by atoms with Gasteiger partial charge >= 0.3 is 0 Å². The van der Waals surface area contributed by atoms with E-state index in [2.05, 4.69) is 62.9 Å². The molecule has 0 saturated heterocycles. The molecule has 1 aromatic heterocycles. The van der Waals surface area contributed by atoms with Crippen molar-refractivity contribution in [3.8, 4) is 5.75 Å². The number of rotatable bonds is 6. The van der Waals surface area contributed by atoms with Gasteiger partial charge in [0.05, 0.1) is 6.61 Å². The smallest absolute Gasteiger partial charge is 0.205 e. The summed E-state index contributed by atoms with van der Waals surface area (Å²) in [4.78, 5) is 2.52. The lowest BCUT2D eigenvalue weighted by Crippen LogP contribution is -2.32. The molecule has 2 aromatic carbocycles. The van der Waals surface area contributed by atoms with E-state index in [1.54, 1.807) is 11.3 Å². The molecule has 0 aliphatic carbocycles. The van der Waals surface area contributed by atoms with Crippen LogP contribution in [-0.2, 0) is 32.4 Å². The Labute approximate surface area is 175 Å². The van der Waals surface area contributed by atoms with Crippen molar-refractivity contribution in [2.45, 2.75) is 38.8 Å². The van der Waals surface area contributed by atoms with Crippen LogP contribution >= 0.6 is 11.3 Å². The first-order valence-electron chi connectivity index (χ1n) is 10.4. The summed E-state index contributed by atoms with van der Waals surface area (Å²) in [7, 11) is 0. The van der Waals surface area contributed by atoms with Crippen LogP contribution in [0.25, 0.3) is 0 Å². The van der Waals surface area contributed by atoms with Gasteiger partial charge in [-0.25, -0.2) is 0 Å². The number of hydrogen-bond acceptors (Lipinski definition) is 6. The minimum absolute atomic E-state index is 0.769. The summed E-state index contributed by atoms with van der Waals surface area (Å²) in [6.07, 6.45) is 4.31. The maximum Gasteiger partial charge on any atom is 0.205 e. The first-order chi connectivity index (χ1) is 14.3. The van der Waals surface area contributed by atoms with Crippen LogP contribution in [0.4, 0.5) is 5.13 Å². The topological polar surface area (TPSA) is 50.3 Å². The van der Waals surface area contributed by atoms with Gasteiger partial charge in [-0.3, -0.25) is 4.90 Å². The van der Waals surface area contributed by atoms with Crippen molar-refractivity contribution in [3.63, 3.8) is 0 Å². The second-order valence-corrected chi connectivity index (χ2v) is 8.86. The van der Waals surface area contributed by atoms with Gasteiger partial charge in [0.25, 0.3) is 0 Å². The number of nitrogens with one attached hydrogen (secondary N) is 1. The van der Waals surface area contributed by atoms with Crippen LogP contribution in [0.1, 0.15) is 33.7 Å². The largest absolute Gasteiger partial charge is 0.493 e. The van der Waals surface area contributed by atoms with Crippen LogP contribution in [0.2, 0.25) is 0 Å². The van der Waals surface area contributed by atoms with Gasteiger partial charge < -0.3 is 10.1 Å². The standard InChI is InChI=1S/C23H26N4OS/c1-2-5-20-16-27(11-9-18(20)4-1)12-10-22-25-26-23(29-22)24-15-17-7-8-21-19(14-17)6-3-13-28-21/h1-2,4-5,7-8,14H,3,6,9-13,15-16H2,(H,24,26). The van der Waals surface area contributed by atoms with E-state index in [-0.39, 0.29) is 0 Å². The van der Waals surface area contributed by atoms with Gasteiger partial charge in [0.15, 0.2) is 0 Å². The Morgan fingerprint density at radius 2 is 1.97 bits per heavy atom. The number of nitrogens with zero attached hydrogens (tertiary/aromatic N) is 3. The number of ether oxygens (including phenoxy) is 1. The molecule has 0 atom stereocenters. The Hall–Kier alpha value is -2.44. The molecule has 0 spiro atoms. The van der Waals surface area contributed by atoms with Gasteiger partial charge in [0.2, 0.25) is 5.13 Å². The molecule has 0 amide bonds. The molecule has 0 fully saturated rings. The van der Waals surface area contributed by atoms with E-state index < -0.39 is 0 Å². The van der Waals surface area contributed by atoms with Gasteiger partial charge in [-0.2, -0.15) is 0 Å². The fourth-order valence-corrected chi connectivity index (χ4v) is 4.85. The second kappa shape index (κ2) is 8.51. The van der Waals surface area contributed by atoms with E-state index in [1.165, 1.54) is 22.3 Å². The van der Waals surface area contributed by atoms with Crippen molar-refractivity contribution >= 4 is 16.5 Å². The van der Waals surface area contributed by atoms with E-state index in [9.17, 15) is 0 Å². The first kappa shape index (κ1) is 18.6. The number of aromatic nitrogens is 2. The van der Waals surface area contributed by atoms with Crippen LogP contribution in [0.15, 0.2) is 42.5 Å². The minimum atomic E-state index is 0.769. The number of aryl methyl sites for hydroxylation is 1. The van der Waals surface area contributed by atoms with Gasteiger partial charge in [-0.1, -0.05) is 47.7 Å². The van der Waals surface area contributed by atoms with Crippen LogP contribution < -0.4 is 10.1 Å². The number of fused-ring (bicyclic) bond motifs is 2. The average Bonchev–Trinajstić information content (AvgIpc) is 3.24. The van der Waals surface area contributed by atoms with Crippen molar-refractivity contribution < 1.29 is 4.74 Å². The summed E-state index contributed by atoms with van der Waals surface area (Å²) in [5.74, 6) is 1.04. The molecular weight excluding hydrogens is 380 g/mol. The Balaban J connectivity index is 1.13. The average molecular weight is 407 g/mol. The quantitative estimate of drug-likeness (QED) is 0.669. The summed E-state index contributed by atoms with van der Waals surface area (Å²) in [5, 5.41) is 14.2. The molecule has 3 heterocycles. The van der Waals surface area contributed by atoms with Crippen molar-refractivity contribution in [2.75, 3.05) is 25.0 Å². The van der Waals surface area contributed by atoms with E-state index >= 15 is 0 Å². The molecule has 0 bridgehead atoms. The first-order valence-corrected chi connectivity index (χ1v) is 11.3. The second-order valence-electron chi connectivity index (χ2n) is 7.79. The zero-order valence-corrected chi connectivity index (χ0v) is 17.4. The number of anilines is 1. The molecule has 0 radical (unpaired) electrons. The molecule has 1 N–H and O–H groups in total. The summed E-state index contributed by atoms with van der Waals surface area (Å²) >= 11 is 1.67. The highest BCUT2D eigenvalue weighted by Gasteiger charge is 2.16. The molecular formula is C23H26N4OS. The van der Waals surface area contributed by atoms with Gasteiger partial charge in [0, 0.05) is 32.6 Å². The molecule has 6 heteroatoms. The van der Waals surface area contributed by atoms with E-state index in [0.29, 0.717) is 0 Å². The van der Waals surface area contributed by atoms with Crippen LogP contribution in [0.3, 0.4) is 0 Å². The Bertz CT molecular complexity index is 987. The molecule has 29 heavy (non-hydrogen) atoms. The lowest BCUT2D eigenvalue weighted by molar-refractivity contribution is 0.257. The van der Waals surface area contributed by atoms with E-state index in [0.717, 1.165) is 74.4 Å². The van der Waals surface area contributed by atoms with Crippen molar-refractivity contribution in [1.29, 1.82) is 0 Å². The van der Waals surface area contributed by atoms with Crippen LogP contribution in [-0.4, -0.2) is 34.8 Å². The monoisotopic (exact) mass is 406 g/mol. The summed E-state index contributed by atoms with van der Waals surface area (Å²) in [6.45, 7) is 4.81. The van der Waals surface area contributed by atoms with Crippen molar-refractivity contribution in [2.24, 2.45) is 0 Å². The molecule has 150 valence electrons. The molecule has 2 aliphatic heterocycles. The molecule has 5 rings (SSSR count). The third-order valence-corrected chi connectivity index (χ3v) is 6.68. The SMILES string of the molecule is c1ccc2c(c1)CCN(CCc1nnc(NCc3ccc4c(c3)CCCO4)s1)C2. The highest BCUT2D eigenvalue weighted by Crippen LogP contribution is 2.26. The lowest BCUT2D eigenvalue weighted by atomic mass is 10.00. The molecule has 3 aromatic rings. The molecule has 0 unspecified atom stereocenters. The van der Waals surface area contributed by atoms with Crippen LogP contribution in [0.5, 0.6) is 5.75 Å².